The molecule has 0 aliphatic carbocycles. The molecule has 0 spiro atoms. The van der Waals surface area contributed by atoms with Gasteiger partial charge in [0.25, 0.3) is 0 Å². The van der Waals surface area contributed by atoms with Gasteiger partial charge in [0, 0.05) is 0 Å². The Kier molecular flexibility index (Phi) is 4.82. The zero-order chi connectivity index (χ0) is 10.5. The van der Waals surface area contributed by atoms with Crippen LogP contribution in [-0.2, 0) is 14.3 Å². The normalized spacial score (nSPS) is 17.6. The summed E-state index contributed by atoms with van der Waals surface area (Å²) in [5, 5.41) is 9.36. The van der Waals surface area contributed by atoms with E-state index in [2.05, 4.69) is 9.47 Å². The number of ether oxygens (including phenoxy) is 2. The van der Waals surface area contributed by atoms with Crippen LogP contribution in [0.15, 0.2) is 0 Å². The van der Waals surface area contributed by atoms with E-state index in [4.69, 9.17) is 5.73 Å². The van der Waals surface area contributed by atoms with E-state index in [9.17, 15) is 14.3 Å². The van der Waals surface area contributed by atoms with Gasteiger partial charge in [-0.25, -0.2) is 9.18 Å². The van der Waals surface area contributed by atoms with Crippen molar-refractivity contribution in [2.75, 3.05) is 20.5 Å². The number of hydrogen-bond acceptors (Lipinski definition) is 5. The minimum Gasteiger partial charge on any atom is -0.467 e. The Bertz CT molecular complexity index is 174. The van der Waals surface area contributed by atoms with Gasteiger partial charge in [-0.15, -0.1) is 0 Å². The van der Waals surface area contributed by atoms with Crippen LogP contribution >= 0.6 is 0 Å². The molecule has 0 aromatic carbocycles. The summed E-state index contributed by atoms with van der Waals surface area (Å²) in [6.45, 7) is -0.285. The number of nitrogens with two attached hydrogens (primary N) is 1. The van der Waals surface area contributed by atoms with Crippen molar-refractivity contribution in [3.05, 3.63) is 0 Å². The van der Waals surface area contributed by atoms with Crippen LogP contribution in [0, 0.1) is 0 Å². The van der Waals surface area contributed by atoms with Crippen molar-refractivity contribution >= 4 is 5.97 Å². The molecule has 0 aromatic rings. The molecule has 0 unspecified atom stereocenters. The Morgan fingerprint density at radius 1 is 1.77 bits per heavy atom. The first kappa shape index (κ1) is 12.3. The van der Waals surface area contributed by atoms with Gasteiger partial charge in [0.1, 0.15) is 12.3 Å². The van der Waals surface area contributed by atoms with E-state index < -0.39 is 24.3 Å². The molecule has 0 rings (SSSR count). The molecule has 3 N–H and O–H groups in total. The maximum atomic E-state index is 12.3. The minimum atomic E-state index is -1.91. The number of hydrogen-bond donors (Lipinski definition) is 2. The van der Waals surface area contributed by atoms with Gasteiger partial charge in [-0.3, -0.25) is 0 Å². The van der Waals surface area contributed by atoms with Crippen molar-refractivity contribution in [1.82, 2.24) is 0 Å². The summed E-state index contributed by atoms with van der Waals surface area (Å²) < 4.78 is 21.2. The standard InChI is InChI=1S/C7H14FNO4/c1-7(11,3-8)5(13-4-9)6(10)12-2/h5,11H,3-4,9H2,1-2H3/t5-,7-/m1/s1. The number of alkyl halides is 1. The molecule has 5 nitrogen and oxygen atoms in total. The molecule has 6 heteroatoms. The lowest BCUT2D eigenvalue weighted by Crippen LogP contribution is -2.49. The van der Waals surface area contributed by atoms with Crippen LogP contribution in [-0.4, -0.2) is 43.3 Å². The van der Waals surface area contributed by atoms with Crippen LogP contribution in [0.4, 0.5) is 4.39 Å². The monoisotopic (exact) mass is 195 g/mol. The third kappa shape index (κ3) is 3.25. The van der Waals surface area contributed by atoms with E-state index in [0.717, 1.165) is 14.0 Å². The van der Waals surface area contributed by atoms with Crippen molar-refractivity contribution in [2.45, 2.75) is 18.6 Å². The van der Waals surface area contributed by atoms with Gasteiger partial charge < -0.3 is 20.3 Å². The van der Waals surface area contributed by atoms with Crippen molar-refractivity contribution in [3.63, 3.8) is 0 Å². The van der Waals surface area contributed by atoms with Gasteiger partial charge >= 0.3 is 5.97 Å². The summed E-state index contributed by atoms with van der Waals surface area (Å²) in [6, 6.07) is 0. The van der Waals surface area contributed by atoms with Crippen LogP contribution in [0.1, 0.15) is 6.92 Å². The fourth-order valence-corrected chi connectivity index (χ4v) is 0.775. The largest absolute Gasteiger partial charge is 0.467 e. The fraction of sp³-hybridized carbons (Fsp3) is 0.857. The predicted molar refractivity (Wildman–Crippen MR) is 42.5 cm³/mol. The van der Waals surface area contributed by atoms with Crippen LogP contribution in [0.3, 0.4) is 0 Å². The quantitative estimate of drug-likeness (QED) is 0.442. The van der Waals surface area contributed by atoms with Gasteiger partial charge in [0.05, 0.1) is 13.8 Å². The summed E-state index contributed by atoms with van der Waals surface area (Å²) in [7, 11) is 1.11. The van der Waals surface area contributed by atoms with Gasteiger partial charge in [-0.2, -0.15) is 0 Å². The van der Waals surface area contributed by atoms with Gasteiger partial charge in [-0.1, -0.05) is 0 Å². The maximum absolute atomic E-state index is 12.3. The number of halogens is 1. The van der Waals surface area contributed by atoms with Crippen LogP contribution in [0.5, 0.6) is 0 Å². The number of carbonyl (C=O) groups excluding carboxylic acids is 1. The second-order valence-electron chi connectivity index (χ2n) is 2.73. The number of aliphatic hydroxyl groups is 1. The summed E-state index contributed by atoms with van der Waals surface area (Å²) in [4.78, 5) is 11.0. The third-order valence-corrected chi connectivity index (χ3v) is 1.51. The average molecular weight is 195 g/mol. The highest BCUT2D eigenvalue weighted by Crippen LogP contribution is 2.15. The smallest absolute Gasteiger partial charge is 0.338 e. The molecule has 0 saturated heterocycles. The first-order valence-electron chi connectivity index (χ1n) is 3.67. The molecule has 0 fully saturated rings. The first-order chi connectivity index (χ1) is 5.99. The van der Waals surface area contributed by atoms with Crippen molar-refractivity contribution in [1.29, 1.82) is 0 Å². The Balaban J connectivity index is 4.49. The van der Waals surface area contributed by atoms with Crippen molar-refractivity contribution in [2.24, 2.45) is 5.73 Å². The molecular formula is C7H14FNO4. The Labute approximate surface area is 75.6 Å². The number of esters is 1. The molecule has 0 heterocycles. The molecule has 0 saturated carbocycles. The van der Waals surface area contributed by atoms with E-state index in [1.165, 1.54) is 0 Å². The summed E-state index contributed by atoms with van der Waals surface area (Å²) >= 11 is 0. The summed E-state index contributed by atoms with van der Waals surface area (Å²) in [6.07, 6.45) is -1.40. The second kappa shape index (κ2) is 5.11. The molecule has 2 atom stereocenters. The van der Waals surface area contributed by atoms with Gasteiger partial charge in [0.15, 0.2) is 6.10 Å². The molecule has 0 radical (unpaired) electrons. The first-order valence-corrected chi connectivity index (χ1v) is 3.67. The van der Waals surface area contributed by atoms with E-state index >= 15 is 0 Å². The molecule has 13 heavy (non-hydrogen) atoms. The lowest BCUT2D eigenvalue weighted by atomic mass is 10.0. The van der Waals surface area contributed by atoms with Crippen LogP contribution < -0.4 is 5.73 Å². The SMILES string of the molecule is COC(=O)[C@@H](OCN)[C@](C)(O)CF. The summed E-state index contributed by atoms with van der Waals surface area (Å²) in [5.41, 5.74) is 3.10. The molecule has 0 amide bonds. The van der Waals surface area contributed by atoms with Gasteiger partial charge in [-0.05, 0) is 6.92 Å². The topological polar surface area (TPSA) is 81.8 Å². The van der Waals surface area contributed by atoms with Gasteiger partial charge in [0.2, 0.25) is 0 Å². The summed E-state index contributed by atoms with van der Waals surface area (Å²) in [5.74, 6) is -0.854. The molecule has 0 aromatic heterocycles. The molecular weight excluding hydrogens is 181 g/mol. The highest BCUT2D eigenvalue weighted by Gasteiger charge is 2.39. The van der Waals surface area contributed by atoms with Crippen molar-refractivity contribution in [3.8, 4) is 0 Å². The molecule has 0 bridgehead atoms. The second-order valence-corrected chi connectivity index (χ2v) is 2.73. The van der Waals surface area contributed by atoms with Crippen LogP contribution in [0.2, 0.25) is 0 Å². The van der Waals surface area contributed by atoms with Crippen molar-refractivity contribution < 1.29 is 23.8 Å². The number of carbonyl (C=O) groups is 1. The zero-order valence-electron chi connectivity index (χ0n) is 7.62. The van der Waals surface area contributed by atoms with E-state index in [1.54, 1.807) is 0 Å². The third-order valence-electron chi connectivity index (χ3n) is 1.51. The maximum Gasteiger partial charge on any atom is 0.338 e. The van der Waals surface area contributed by atoms with Crippen LogP contribution in [0.25, 0.3) is 0 Å². The minimum absolute atomic E-state index is 0.296. The van der Waals surface area contributed by atoms with E-state index in [-0.39, 0.29) is 6.73 Å². The Hall–Kier alpha value is -0.720. The fourth-order valence-electron chi connectivity index (χ4n) is 0.775. The Morgan fingerprint density at radius 3 is 2.62 bits per heavy atom. The highest BCUT2D eigenvalue weighted by molar-refractivity contribution is 5.76. The molecule has 0 aliphatic rings. The number of methoxy groups -OCH3 is 1. The average Bonchev–Trinajstić information content (AvgIpc) is 2.12. The lowest BCUT2D eigenvalue weighted by Gasteiger charge is -2.27. The predicted octanol–water partition coefficient (Wildman–Crippen LogP) is -0.819. The lowest BCUT2D eigenvalue weighted by molar-refractivity contribution is -0.174. The Morgan fingerprint density at radius 2 is 2.31 bits per heavy atom. The number of rotatable bonds is 5. The molecule has 78 valence electrons. The van der Waals surface area contributed by atoms with E-state index in [0.29, 0.717) is 0 Å². The van der Waals surface area contributed by atoms with E-state index in [1.807, 2.05) is 0 Å². The highest BCUT2D eigenvalue weighted by atomic mass is 19.1. The zero-order valence-corrected chi connectivity index (χ0v) is 7.62. The molecule has 0 aliphatic heterocycles.